The highest BCUT2D eigenvalue weighted by atomic mass is 19.1. The van der Waals surface area contributed by atoms with Crippen molar-refractivity contribution in [3.05, 3.63) is 29.6 Å². The molecule has 4 heteroatoms. The third kappa shape index (κ3) is 2.47. The van der Waals surface area contributed by atoms with Crippen LogP contribution in [-0.2, 0) is 0 Å². The van der Waals surface area contributed by atoms with E-state index < -0.39 is 6.10 Å². The van der Waals surface area contributed by atoms with E-state index in [4.69, 9.17) is 0 Å². The van der Waals surface area contributed by atoms with Gasteiger partial charge in [0.25, 0.3) is 0 Å². The summed E-state index contributed by atoms with van der Waals surface area (Å²) >= 11 is 0. The molecule has 0 amide bonds. The fraction of sp³-hybridized carbons (Fsp3) is 0.600. The summed E-state index contributed by atoms with van der Waals surface area (Å²) in [7, 11) is 0. The molecule has 1 aromatic carbocycles. The van der Waals surface area contributed by atoms with Crippen molar-refractivity contribution >= 4 is 5.69 Å². The number of hydrogen-bond acceptors (Lipinski definition) is 3. The van der Waals surface area contributed by atoms with Crippen LogP contribution in [0.3, 0.4) is 0 Å². The second-order valence-electron chi connectivity index (χ2n) is 5.66. The summed E-state index contributed by atoms with van der Waals surface area (Å²) in [4.78, 5) is 4.66. The van der Waals surface area contributed by atoms with E-state index in [9.17, 15) is 9.50 Å². The molecule has 0 radical (unpaired) electrons. The monoisotopic (exact) mass is 264 g/mol. The summed E-state index contributed by atoms with van der Waals surface area (Å²) in [6, 6.07) is 5.68. The summed E-state index contributed by atoms with van der Waals surface area (Å²) in [6.07, 6.45) is 1.88. The van der Waals surface area contributed by atoms with Crippen LogP contribution in [-0.4, -0.2) is 42.2 Å². The van der Waals surface area contributed by atoms with Gasteiger partial charge in [0.15, 0.2) is 0 Å². The van der Waals surface area contributed by atoms with Crippen LogP contribution < -0.4 is 4.90 Å². The molecule has 2 unspecified atom stereocenters. The number of aliphatic hydroxyl groups is 1. The predicted octanol–water partition coefficient (Wildman–Crippen LogP) is 2.16. The summed E-state index contributed by atoms with van der Waals surface area (Å²) in [5, 5.41) is 9.49. The number of fused-ring (bicyclic) bond motifs is 1. The maximum atomic E-state index is 14.2. The summed E-state index contributed by atoms with van der Waals surface area (Å²) in [5.41, 5.74) is 1.32. The molecule has 2 saturated heterocycles. The van der Waals surface area contributed by atoms with E-state index in [0.29, 0.717) is 17.3 Å². The minimum Gasteiger partial charge on any atom is -0.389 e. The second kappa shape index (κ2) is 5.10. The molecular weight excluding hydrogens is 243 g/mol. The first-order valence-corrected chi connectivity index (χ1v) is 7.11. The maximum Gasteiger partial charge on any atom is 0.146 e. The first-order valence-electron chi connectivity index (χ1n) is 7.11. The van der Waals surface area contributed by atoms with Crippen molar-refractivity contribution < 1.29 is 9.50 Å². The summed E-state index contributed by atoms with van der Waals surface area (Å²) in [5.74, 6) is -0.218. The lowest BCUT2D eigenvalue weighted by atomic mass is 10.1. The Labute approximate surface area is 113 Å². The van der Waals surface area contributed by atoms with Gasteiger partial charge in [-0.2, -0.15) is 0 Å². The minimum atomic E-state index is -0.616. The average molecular weight is 264 g/mol. The minimum absolute atomic E-state index is 0.218. The maximum absolute atomic E-state index is 14.2. The molecule has 104 valence electrons. The normalized spacial score (nSPS) is 25.4. The Kier molecular flexibility index (Phi) is 3.46. The fourth-order valence-electron chi connectivity index (χ4n) is 3.25. The van der Waals surface area contributed by atoms with Gasteiger partial charge in [0.1, 0.15) is 5.82 Å². The average Bonchev–Trinajstić information content (AvgIpc) is 2.85. The van der Waals surface area contributed by atoms with Crippen molar-refractivity contribution in [2.24, 2.45) is 0 Å². The van der Waals surface area contributed by atoms with Crippen LogP contribution in [0.1, 0.15) is 31.4 Å². The molecule has 2 fully saturated rings. The highest BCUT2D eigenvalue weighted by Crippen LogP contribution is 2.28. The first kappa shape index (κ1) is 12.9. The summed E-state index contributed by atoms with van der Waals surface area (Å²) < 4.78 is 14.2. The Morgan fingerprint density at radius 3 is 2.89 bits per heavy atom. The van der Waals surface area contributed by atoms with E-state index in [-0.39, 0.29) is 5.82 Å². The number of aliphatic hydroxyl groups excluding tert-OH is 1. The topological polar surface area (TPSA) is 26.7 Å². The number of piperazine rings is 1. The van der Waals surface area contributed by atoms with Crippen molar-refractivity contribution in [3.8, 4) is 0 Å². The van der Waals surface area contributed by atoms with Crippen molar-refractivity contribution in [1.29, 1.82) is 0 Å². The molecule has 0 bridgehead atoms. The van der Waals surface area contributed by atoms with Gasteiger partial charge in [-0.25, -0.2) is 4.39 Å². The number of benzene rings is 1. The van der Waals surface area contributed by atoms with E-state index in [1.807, 2.05) is 12.1 Å². The third-order valence-electron chi connectivity index (χ3n) is 4.38. The molecule has 2 atom stereocenters. The highest BCUT2D eigenvalue weighted by molar-refractivity contribution is 5.50. The van der Waals surface area contributed by atoms with Gasteiger partial charge in [0, 0.05) is 25.7 Å². The van der Waals surface area contributed by atoms with Gasteiger partial charge >= 0.3 is 0 Å². The molecule has 0 aromatic heterocycles. The molecule has 1 N–H and O–H groups in total. The van der Waals surface area contributed by atoms with Gasteiger partial charge in [0.2, 0.25) is 0 Å². The van der Waals surface area contributed by atoms with Crippen LogP contribution >= 0.6 is 0 Å². The third-order valence-corrected chi connectivity index (χ3v) is 4.38. The Balaban J connectivity index is 1.78. The van der Waals surface area contributed by atoms with Crippen molar-refractivity contribution in [2.45, 2.75) is 31.9 Å². The lowest BCUT2D eigenvalue weighted by Gasteiger charge is -2.39. The Bertz CT molecular complexity index is 463. The number of hydrogen-bond donors (Lipinski definition) is 1. The molecule has 0 saturated carbocycles. The van der Waals surface area contributed by atoms with Gasteiger partial charge < -0.3 is 10.0 Å². The van der Waals surface area contributed by atoms with E-state index >= 15 is 0 Å². The standard InChI is InChI=1S/C15H21FN2O/c1-11(19)12-4-5-15(14(16)9-12)18-8-7-17-6-2-3-13(17)10-18/h4-5,9,11,13,19H,2-3,6-8,10H2,1H3. The number of anilines is 1. The predicted molar refractivity (Wildman–Crippen MR) is 73.8 cm³/mol. The number of halogens is 1. The van der Waals surface area contributed by atoms with Gasteiger partial charge in [-0.05, 0) is 44.0 Å². The van der Waals surface area contributed by atoms with Gasteiger partial charge in [-0.1, -0.05) is 6.07 Å². The molecule has 2 aliphatic heterocycles. The Morgan fingerprint density at radius 1 is 1.32 bits per heavy atom. The van der Waals surface area contributed by atoms with Crippen LogP contribution in [0.25, 0.3) is 0 Å². The summed E-state index contributed by atoms with van der Waals surface area (Å²) in [6.45, 7) is 5.70. The van der Waals surface area contributed by atoms with E-state index in [1.165, 1.54) is 25.5 Å². The quantitative estimate of drug-likeness (QED) is 0.887. The van der Waals surface area contributed by atoms with Gasteiger partial charge in [-0.15, -0.1) is 0 Å². The van der Waals surface area contributed by atoms with E-state index in [1.54, 1.807) is 6.92 Å². The van der Waals surface area contributed by atoms with Crippen LogP contribution in [0.15, 0.2) is 18.2 Å². The molecule has 0 spiro atoms. The van der Waals surface area contributed by atoms with Crippen molar-refractivity contribution in [2.75, 3.05) is 31.1 Å². The van der Waals surface area contributed by atoms with Gasteiger partial charge in [-0.3, -0.25) is 4.90 Å². The van der Waals surface area contributed by atoms with Crippen molar-refractivity contribution in [1.82, 2.24) is 4.90 Å². The molecule has 2 heterocycles. The molecule has 19 heavy (non-hydrogen) atoms. The first-order chi connectivity index (χ1) is 9.15. The smallest absolute Gasteiger partial charge is 0.146 e. The Hall–Kier alpha value is -1.13. The SMILES string of the molecule is CC(O)c1ccc(N2CCN3CCCC3C2)c(F)c1. The van der Waals surface area contributed by atoms with E-state index in [2.05, 4.69) is 9.80 Å². The molecule has 0 aliphatic carbocycles. The molecule has 2 aliphatic rings. The van der Waals surface area contributed by atoms with Crippen LogP contribution in [0.2, 0.25) is 0 Å². The molecule has 1 aromatic rings. The zero-order chi connectivity index (χ0) is 13.4. The Morgan fingerprint density at radius 2 is 2.16 bits per heavy atom. The highest BCUT2D eigenvalue weighted by Gasteiger charge is 2.31. The van der Waals surface area contributed by atoms with Gasteiger partial charge in [0.05, 0.1) is 11.8 Å². The molecule has 3 rings (SSSR count). The number of nitrogens with zero attached hydrogens (tertiary/aromatic N) is 2. The van der Waals surface area contributed by atoms with Crippen molar-refractivity contribution in [3.63, 3.8) is 0 Å². The number of rotatable bonds is 2. The lowest BCUT2D eigenvalue weighted by molar-refractivity contribution is 0.198. The zero-order valence-electron chi connectivity index (χ0n) is 11.3. The molecular formula is C15H21FN2O. The van der Waals surface area contributed by atoms with Crippen LogP contribution in [0.4, 0.5) is 10.1 Å². The van der Waals surface area contributed by atoms with E-state index in [0.717, 1.165) is 19.6 Å². The second-order valence-corrected chi connectivity index (χ2v) is 5.66. The fourth-order valence-corrected chi connectivity index (χ4v) is 3.25. The largest absolute Gasteiger partial charge is 0.389 e. The van der Waals surface area contributed by atoms with Crippen LogP contribution in [0.5, 0.6) is 0 Å². The molecule has 3 nitrogen and oxygen atoms in total. The van der Waals surface area contributed by atoms with Crippen LogP contribution in [0, 0.1) is 5.82 Å². The zero-order valence-corrected chi connectivity index (χ0v) is 11.3. The lowest BCUT2D eigenvalue weighted by Crippen LogP contribution is -2.50.